The molecule has 0 aliphatic heterocycles. The summed E-state index contributed by atoms with van der Waals surface area (Å²) in [5.74, 6) is 0. The Balaban J connectivity index is 2.20. The lowest BCUT2D eigenvalue weighted by molar-refractivity contribution is 0.884. The summed E-state index contributed by atoms with van der Waals surface area (Å²) in [7, 11) is 0. The first kappa shape index (κ1) is 11.5. The quantitative estimate of drug-likeness (QED) is 0.792. The minimum absolute atomic E-state index is 0.178. The molecule has 0 amide bonds. The van der Waals surface area contributed by atoms with Crippen molar-refractivity contribution in [2.45, 2.75) is 19.9 Å². The monoisotopic (exact) mass is 227 g/mol. The smallest absolute Gasteiger partial charge is 0.0506 e. The third-order valence-electron chi connectivity index (χ3n) is 2.85. The van der Waals surface area contributed by atoms with Crippen LogP contribution in [0.2, 0.25) is 0 Å². The second-order valence-electron chi connectivity index (χ2n) is 4.19. The van der Waals surface area contributed by atoms with E-state index in [0.29, 0.717) is 0 Å². The number of nitrogens with zero attached hydrogens (tertiary/aromatic N) is 1. The van der Waals surface area contributed by atoms with Crippen molar-refractivity contribution in [2.24, 2.45) is 0 Å². The fourth-order valence-corrected chi connectivity index (χ4v) is 1.85. The highest BCUT2D eigenvalue weighted by Crippen LogP contribution is 2.24. The third-order valence-corrected chi connectivity index (χ3v) is 2.85. The van der Waals surface area contributed by atoms with Gasteiger partial charge in [0.25, 0.3) is 0 Å². The lowest BCUT2D eigenvalue weighted by atomic mass is 10.1. The molecule has 0 saturated heterocycles. The number of rotatable bonds is 3. The summed E-state index contributed by atoms with van der Waals surface area (Å²) < 4.78 is 0. The molecule has 1 aromatic carbocycles. The van der Waals surface area contributed by atoms with E-state index in [1.807, 2.05) is 43.5 Å². The molecule has 3 heteroatoms. The first-order valence-corrected chi connectivity index (χ1v) is 5.70. The number of nitrogen functional groups attached to an aromatic ring is 1. The van der Waals surface area contributed by atoms with Crippen LogP contribution in [0.1, 0.15) is 24.1 Å². The number of aromatic nitrogens is 1. The SMILES string of the molecule is Cc1cnccc1NC(C)c1ccccc1N. The molecule has 1 unspecified atom stereocenters. The Labute approximate surface area is 102 Å². The Morgan fingerprint density at radius 3 is 2.71 bits per heavy atom. The van der Waals surface area contributed by atoms with E-state index < -0.39 is 0 Å². The van der Waals surface area contributed by atoms with Gasteiger partial charge in [-0.3, -0.25) is 4.98 Å². The fourth-order valence-electron chi connectivity index (χ4n) is 1.85. The molecule has 0 spiro atoms. The average molecular weight is 227 g/mol. The van der Waals surface area contributed by atoms with Crippen molar-refractivity contribution in [1.82, 2.24) is 4.98 Å². The first-order valence-electron chi connectivity index (χ1n) is 5.70. The van der Waals surface area contributed by atoms with Gasteiger partial charge < -0.3 is 11.1 Å². The number of hydrogen-bond acceptors (Lipinski definition) is 3. The molecule has 1 aromatic heterocycles. The molecular formula is C14H17N3. The minimum Gasteiger partial charge on any atom is -0.398 e. The first-order chi connectivity index (χ1) is 8.18. The van der Waals surface area contributed by atoms with Crippen LogP contribution in [-0.2, 0) is 0 Å². The van der Waals surface area contributed by atoms with Crippen molar-refractivity contribution >= 4 is 11.4 Å². The van der Waals surface area contributed by atoms with Crippen LogP contribution in [0.3, 0.4) is 0 Å². The van der Waals surface area contributed by atoms with Gasteiger partial charge in [0.05, 0.1) is 6.04 Å². The van der Waals surface area contributed by atoms with Gasteiger partial charge in [-0.25, -0.2) is 0 Å². The molecule has 0 saturated carbocycles. The standard InChI is InChI=1S/C14H17N3/c1-10-9-16-8-7-14(10)17-11(2)12-5-3-4-6-13(12)15/h3-9,11H,15H2,1-2H3,(H,16,17). The Kier molecular flexibility index (Phi) is 3.28. The average Bonchev–Trinajstić information content (AvgIpc) is 2.32. The second kappa shape index (κ2) is 4.87. The number of para-hydroxylation sites is 1. The Hall–Kier alpha value is -2.03. The minimum atomic E-state index is 0.178. The van der Waals surface area contributed by atoms with Gasteiger partial charge in [0.2, 0.25) is 0 Å². The number of nitrogens with two attached hydrogens (primary N) is 1. The van der Waals surface area contributed by atoms with Crippen molar-refractivity contribution in [1.29, 1.82) is 0 Å². The molecule has 17 heavy (non-hydrogen) atoms. The maximum absolute atomic E-state index is 5.96. The van der Waals surface area contributed by atoms with Crippen molar-refractivity contribution in [2.75, 3.05) is 11.1 Å². The topological polar surface area (TPSA) is 50.9 Å². The number of anilines is 2. The van der Waals surface area contributed by atoms with E-state index in [1.54, 1.807) is 6.20 Å². The van der Waals surface area contributed by atoms with Crippen molar-refractivity contribution in [3.8, 4) is 0 Å². The van der Waals surface area contributed by atoms with Gasteiger partial charge in [0.15, 0.2) is 0 Å². The fraction of sp³-hybridized carbons (Fsp3) is 0.214. The van der Waals surface area contributed by atoms with Crippen LogP contribution in [0.15, 0.2) is 42.7 Å². The van der Waals surface area contributed by atoms with Crippen LogP contribution in [0.4, 0.5) is 11.4 Å². The lowest BCUT2D eigenvalue weighted by Crippen LogP contribution is -2.09. The second-order valence-corrected chi connectivity index (χ2v) is 4.19. The van der Waals surface area contributed by atoms with Gasteiger partial charge in [-0.2, -0.15) is 0 Å². The summed E-state index contributed by atoms with van der Waals surface area (Å²) in [6.45, 7) is 4.14. The van der Waals surface area contributed by atoms with Crippen LogP contribution in [0, 0.1) is 6.92 Å². The molecule has 88 valence electrons. The molecule has 3 nitrogen and oxygen atoms in total. The third kappa shape index (κ3) is 2.56. The van der Waals surface area contributed by atoms with Crippen LogP contribution in [0.5, 0.6) is 0 Å². The molecule has 0 aliphatic carbocycles. The van der Waals surface area contributed by atoms with E-state index in [9.17, 15) is 0 Å². The zero-order valence-corrected chi connectivity index (χ0v) is 10.1. The van der Waals surface area contributed by atoms with E-state index >= 15 is 0 Å². The lowest BCUT2D eigenvalue weighted by Gasteiger charge is -2.18. The molecule has 0 aliphatic rings. The van der Waals surface area contributed by atoms with Gasteiger partial charge >= 0.3 is 0 Å². The maximum Gasteiger partial charge on any atom is 0.0506 e. The number of benzene rings is 1. The van der Waals surface area contributed by atoms with Crippen molar-refractivity contribution in [3.05, 3.63) is 53.9 Å². The van der Waals surface area contributed by atoms with Gasteiger partial charge in [-0.15, -0.1) is 0 Å². The number of hydrogen-bond donors (Lipinski definition) is 2. The molecule has 2 aromatic rings. The molecule has 3 N–H and O–H groups in total. The summed E-state index contributed by atoms with van der Waals surface area (Å²) in [5, 5.41) is 3.45. The van der Waals surface area contributed by atoms with Crippen LogP contribution in [-0.4, -0.2) is 4.98 Å². The highest BCUT2D eigenvalue weighted by Gasteiger charge is 2.08. The van der Waals surface area contributed by atoms with Crippen LogP contribution < -0.4 is 11.1 Å². The van der Waals surface area contributed by atoms with E-state index in [1.165, 1.54) is 0 Å². The van der Waals surface area contributed by atoms with E-state index in [2.05, 4.69) is 17.2 Å². The van der Waals surface area contributed by atoms with Crippen LogP contribution in [0.25, 0.3) is 0 Å². The Morgan fingerprint density at radius 2 is 2.00 bits per heavy atom. The van der Waals surface area contributed by atoms with Gasteiger partial charge in [-0.05, 0) is 37.1 Å². The van der Waals surface area contributed by atoms with Crippen molar-refractivity contribution < 1.29 is 0 Å². The normalized spacial score (nSPS) is 12.1. The Bertz CT molecular complexity index is 508. The molecule has 0 bridgehead atoms. The summed E-state index contributed by atoms with van der Waals surface area (Å²) >= 11 is 0. The zero-order valence-electron chi connectivity index (χ0n) is 10.1. The predicted octanol–water partition coefficient (Wildman–Crippen LogP) is 3.15. The molecule has 1 heterocycles. The largest absolute Gasteiger partial charge is 0.398 e. The summed E-state index contributed by atoms with van der Waals surface area (Å²) in [5.41, 5.74) is 10.1. The summed E-state index contributed by atoms with van der Waals surface area (Å²) in [6.07, 6.45) is 3.64. The van der Waals surface area contributed by atoms with Crippen molar-refractivity contribution in [3.63, 3.8) is 0 Å². The van der Waals surface area contributed by atoms with Crippen LogP contribution >= 0.6 is 0 Å². The Morgan fingerprint density at radius 1 is 1.24 bits per heavy atom. The highest BCUT2D eigenvalue weighted by atomic mass is 14.9. The van der Waals surface area contributed by atoms with E-state index in [4.69, 9.17) is 5.73 Å². The number of pyridine rings is 1. The van der Waals surface area contributed by atoms with E-state index in [-0.39, 0.29) is 6.04 Å². The summed E-state index contributed by atoms with van der Waals surface area (Å²) in [4.78, 5) is 4.08. The van der Waals surface area contributed by atoms with Gasteiger partial charge in [-0.1, -0.05) is 18.2 Å². The predicted molar refractivity (Wildman–Crippen MR) is 71.9 cm³/mol. The molecule has 1 atom stereocenters. The molecule has 0 radical (unpaired) electrons. The number of aryl methyl sites for hydroxylation is 1. The number of nitrogens with one attached hydrogen (secondary N) is 1. The molecule has 2 rings (SSSR count). The molecule has 0 fully saturated rings. The van der Waals surface area contributed by atoms with Gasteiger partial charge in [0, 0.05) is 23.8 Å². The maximum atomic E-state index is 5.96. The van der Waals surface area contributed by atoms with E-state index in [0.717, 1.165) is 22.5 Å². The zero-order chi connectivity index (χ0) is 12.3. The highest BCUT2D eigenvalue weighted by molar-refractivity contribution is 5.54. The van der Waals surface area contributed by atoms with Gasteiger partial charge in [0.1, 0.15) is 0 Å². The summed E-state index contributed by atoms with van der Waals surface area (Å²) in [6, 6.07) is 10.1. The molecular weight excluding hydrogens is 210 g/mol.